The normalized spacial score (nSPS) is 20.4. The number of nitrogens with zero attached hydrogens (tertiary/aromatic N) is 3. The molecule has 1 fully saturated rings. The highest BCUT2D eigenvalue weighted by atomic mass is 35.5. The predicted octanol–water partition coefficient (Wildman–Crippen LogP) is 2.65. The van der Waals surface area contributed by atoms with Crippen molar-refractivity contribution in [2.24, 2.45) is 4.99 Å². The lowest BCUT2D eigenvalue weighted by molar-refractivity contribution is -0.144. The van der Waals surface area contributed by atoms with E-state index in [0.717, 1.165) is 0 Å². The Morgan fingerprint density at radius 2 is 2.24 bits per heavy atom. The summed E-state index contributed by atoms with van der Waals surface area (Å²) in [5.74, 6) is -1.66. The molecule has 0 amide bonds. The van der Waals surface area contributed by atoms with Crippen molar-refractivity contribution in [3.63, 3.8) is 0 Å². The van der Waals surface area contributed by atoms with Gasteiger partial charge in [-0.25, -0.2) is 19.0 Å². The summed E-state index contributed by atoms with van der Waals surface area (Å²) in [6, 6.07) is 3.12. The van der Waals surface area contributed by atoms with Crippen molar-refractivity contribution in [3.8, 4) is 0 Å². The summed E-state index contributed by atoms with van der Waals surface area (Å²) < 4.78 is 30.1. The van der Waals surface area contributed by atoms with Gasteiger partial charge in [0.15, 0.2) is 10.8 Å². The van der Waals surface area contributed by atoms with Crippen LogP contribution in [0.2, 0.25) is 5.02 Å². The van der Waals surface area contributed by atoms with E-state index < -0.39 is 30.4 Å². The molecule has 1 aromatic heterocycles. The molecule has 3 heterocycles. The molecule has 1 saturated heterocycles. The van der Waals surface area contributed by atoms with Crippen LogP contribution in [-0.2, 0) is 23.8 Å². The van der Waals surface area contributed by atoms with E-state index in [2.05, 4.69) is 15.2 Å². The molecule has 2 atom stereocenters. The Balaban J connectivity index is 1.68. The van der Waals surface area contributed by atoms with Gasteiger partial charge in [0.1, 0.15) is 18.5 Å². The fourth-order valence-corrected chi connectivity index (χ4v) is 4.95. The molecule has 2 N–H and O–H groups in total. The van der Waals surface area contributed by atoms with Crippen LogP contribution in [0.25, 0.3) is 0 Å². The summed E-state index contributed by atoms with van der Waals surface area (Å²) in [4.78, 5) is 35.2. The number of amidine groups is 1. The molecule has 0 saturated carbocycles. The molecule has 2 aromatic rings. The number of carbonyl (C=O) groups is 2. The second-order valence-corrected chi connectivity index (χ2v) is 9.56. The first kappa shape index (κ1) is 27.1. The summed E-state index contributed by atoms with van der Waals surface area (Å²) in [6.07, 6.45) is 1.32. The molecule has 0 spiro atoms. The van der Waals surface area contributed by atoms with E-state index in [4.69, 9.17) is 35.9 Å². The molecule has 10 nitrogen and oxygen atoms in total. The minimum absolute atomic E-state index is 0.125. The van der Waals surface area contributed by atoms with Crippen LogP contribution in [0.4, 0.5) is 4.39 Å². The maximum Gasteiger partial charge on any atom is 0.338 e. The minimum Gasteiger partial charge on any atom is -0.480 e. The van der Waals surface area contributed by atoms with Gasteiger partial charge in [0.05, 0.1) is 31.5 Å². The molecule has 198 valence electrons. The highest BCUT2D eigenvalue weighted by Crippen LogP contribution is 2.37. The van der Waals surface area contributed by atoms with Crippen molar-refractivity contribution in [1.29, 1.82) is 0 Å². The van der Waals surface area contributed by atoms with Crippen molar-refractivity contribution in [3.05, 3.63) is 62.5 Å². The van der Waals surface area contributed by atoms with Gasteiger partial charge in [-0.2, -0.15) is 0 Å². The summed E-state index contributed by atoms with van der Waals surface area (Å²) >= 11 is 7.79. The molecule has 2 unspecified atom stereocenters. The van der Waals surface area contributed by atoms with Gasteiger partial charge < -0.3 is 24.6 Å². The summed E-state index contributed by atoms with van der Waals surface area (Å²) in [6.45, 7) is 3.32. The molecule has 2 aliphatic heterocycles. The molecule has 0 radical (unpaired) electrons. The number of esters is 1. The number of aliphatic imine (C=N–C) groups is 1. The number of ether oxygens (including phenoxy) is 3. The van der Waals surface area contributed by atoms with E-state index in [0.29, 0.717) is 48.3 Å². The van der Waals surface area contributed by atoms with Crippen LogP contribution >= 0.6 is 22.9 Å². The van der Waals surface area contributed by atoms with E-state index in [1.54, 1.807) is 13.1 Å². The average Bonchev–Trinajstić information content (AvgIpc) is 3.39. The highest BCUT2D eigenvalue weighted by molar-refractivity contribution is 7.11. The molecule has 37 heavy (non-hydrogen) atoms. The average molecular weight is 553 g/mol. The topological polar surface area (TPSA) is 123 Å². The smallest absolute Gasteiger partial charge is 0.338 e. The van der Waals surface area contributed by atoms with Crippen LogP contribution in [-0.4, -0.2) is 84.9 Å². The molecular formula is C24H26ClFN4O6S. The zero-order valence-corrected chi connectivity index (χ0v) is 21.6. The molecule has 0 aliphatic carbocycles. The van der Waals surface area contributed by atoms with E-state index in [9.17, 15) is 14.0 Å². The van der Waals surface area contributed by atoms with E-state index in [-0.39, 0.29) is 29.9 Å². The minimum atomic E-state index is -1.05. The summed E-state index contributed by atoms with van der Waals surface area (Å²) in [7, 11) is 0. The number of thiazole rings is 1. The molecular weight excluding hydrogens is 527 g/mol. The van der Waals surface area contributed by atoms with E-state index >= 15 is 0 Å². The molecule has 4 rings (SSSR count). The monoisotopic (exact) mass is 552 g/mol. The predicted molar refractivity (Wildman–Crippen MR) is 134 cm³/mol. The number of carboxylic acids is 1. The Kier molecular flexibility index (Phi) is 9.22. The number of morpholine rings is 1. The second-order valence-electron chi connectivity index (χ2n) is 8.26. The first-order chi connectivity index (χ1) is 17.9. The van der Waals surface area contributed by atoms with Crippen LogP contribution in [0, 0.1) is 5.82 Å². The highest BCUT2D eigenvalue weighted by Gasteiger charge is 2.35. The lowest BCUT2D eigenvalue weighted by Crippen LogP contribution is -2.47. The van der Waals surface area contributed by atoms with Gasteiger partial charge in [0, 0.05) is 47.5 Å². The van der Waals surface area contributed by atoms with Crippen molar-refractivity contribution in [2.45, 2.75) is 19.1 Å². The largest absolute Gasteiger partial charge is 0.480 e. The molecule has 1 aromatic carbocycles. The number of aromatic nitrogens is 1. The first-order valence-electron chi connectivity index (χ1n) is 11.6. The SMILES string of the molecule is CCOC(=O)C1=C(CN2CCOC(COCC(=O)O)C2)NC(c2nccs2)=NC1c1ccc(F)cc1Cl. The third kappa shape index (κ3) is 6.90. The Morgan fingerprint density at radius 3 is 2.95 bits per heavy atom. The zero-order valence-electron chi connectivity index (χ0n) is 20.0. The van der Waals surface area contributed by atoms with Crippen LogP contribution < -0.4 is 5.32 Å². The maximum absolute atomic E-state index is 13.8. The Morgan fingerprint density at radius 1 is 1.41 bits per heavy atom. The van der Waals surface area contributed by atoms with Crippen LogP contribution in [0.5, 0.6) is 0 Å². The Labute approximate surface area is 221 Å². The molecule has 0 bridgehead atoms. The van der Waals surface area contributed by atoms with Gasteiger partial charge in [-0.15, -0.1) is 11.3 Å². The van der Waals surface area contributed by atoms with Gasteiger partial charge in [-0.05, 0) is 19.1 Å². The first-order valence-corrected chi connectivity index (χ1v) is 12.8. The second kappa shape index (κ2) is 12.6. The van der Waals surface area contributed by atoms with Crippen molar-refractivity contribution in [1.82, 2.24) is 15.2 Å². The fourth-order valence-electron chi connectivity index (χ4n) is 4.09. The van der Waals surface area contributed by atoms with E-state index in [1.165, 1.54) is 29.5 Å². The maximum atomic E-state index is 13.8. The number of hydrogen-bond acceptors (Lipinski definition) is 10. The number of rotatable bonds is 10. The number of carbonyl (C=O) groups excluding carboxylic acids is 1. The molecule has 13 heteroatoms. The van der Waals surface area contributed by atoms with Gasteiger partial charge in [0.25, 0.3) is 0 Å². The number of halogens is 2. The lowest BCUT2D eigenvalue weighted by atomic mass is 9.95. The van der Waals surface area contributed by atoms with Gasteiger partial charge >= 0.3 is 11.9 Å². The van der Waals surface area contributed by atoms with Gasteiger partial charge in [-0.1, -0.05) is 17.7 Å². The third-order valence-electron chi connectivity index (χ3n) is 5.65. The van der Waals surface area contributed by atoms with Crippen LogP contribution in [0.15, 0.2) is 46.0 Å². The summed E-state index contributed by atoms with van der Waals surface area (Å²) in [5.41, 5.74) is 1.28. The zero-order chi connectivity index (χ0) is 26.4. The van der Waals surface area contributed by atoms with E-state index in [1.807, 2.05) is 5.38 Å². The number of aliphatic carboxylic acids is 1. The number of hydrogen-bond donors (Lipinski definition) is 2. The van der Waals surface area contributed by atoms with Crippen molar-refractivity contribution >= 4 is 40.7 Å². The number of benzene rings is 1. The van der Waals surface area contributed by atoms with Crippen LogP contribution in [0.1, 0.15) is 23.5 Å². The quantitative estimate of drug-likeness (QED) is 0.428. The Hall–Kier alpha value is -2.90. The van der Waals surface area contributed by atoms with Gasteiger partial charge in [0.2, 0.25) is 0 Å². The third-order valence-corrected chi connectivity index (χ3v) is 6.75. The Bertz CT molecular complexity index is 1190. The standard InChI is InChI=1S/C24H26ClFN4O6S/c1-2-35-24(33)20-18(11-30-6-7-36-15(10-30)12-34-13-19(31)32)28-22(23-27-5-8-37-23)29-21(20)16-4-3-14(26)9-17(16)25/h3-5,8-9,15,21H,2,6-7,10-13H2,1H3,(H,28,29)(H,31,32). The lowest BCUT2D eigenvalue weighted by Gasteiger charge is -2.35. The van der Waals surface area contributed by atoms with Crippen molar-refractivity contribution < 1.29 is 33.3 Å². The number of carboxylic acid groups (broad SMARTS) is 1. The number of nitrogens with one attached hydrogen (secondary N) is 1. The summed E-state index contributed by atoms with van der Waals surface area (Å²) in [5, 5.41) is 14.6. The van der Waals surface area contributed by atoms with Crippen molar-refractivity contribution in [2.75, 3.05) is 46.1 Å². The van der Waals surface area contributed by atoms with Crippen LogP contribution in [0.3, 0.4) is 0 Å². The van der Waals surface area contributed by atoms with Gasteiger partial charge in [-0.3, -0.25) is 9.89 Å². The fraction of sp³-hybridized carbons (Fsp3) is 0.417. The molecule has 2 aliphatic rings.